The summed E-state index contributed by atoms with van der Waals surface area (Å²) in [6.45, 7) is 7.95. The molecule has 0 aliphatic heterocycles. The highest BCUT2D eigenvalue weighted by Gasteiger charge is 2.37. The van der Waals surface area contributed by atoms with Crippen LogP contribution in [0.4, 0.5) is 10.3 Å². The first-order chi connectivity index (χ1) is 21.2. The largest absolute Gasteiger partial charge is 0.321 e. The van der Waals surface area contributed by atoms with Gasteiger partial charge in [-0.05, 0) is 41.4 Å². The number of nitrogens with two attached hydrogens (primary N) is 1. The Bertz CT molecular complexity index is 1480. The number of aromatic nitrogens is 4. The van der Waals surface area contributed by atoms with Crippen LogP contribution in [0.5, 0.6) is 0 Å². The summed E-state index contributed by atoms with van der Waals surface area (Å²) in [5.41, 5.74) is 8.11. The smallest absolute Gasteiger partial charge is 0.231 e. The molecule has 4 unspecified atom stereocenters. The third-order valence-corrected chi connectivity index (χ3v) is 10.7. The van der Waals surface area contributed by atoms with Gasteiger partial charge in [-0.15, -0.1) is 20.4 Å². The second kappa shape index (κ2) is 16.2. The highest BCUT2D eigenvalue weighted by Crippen LogP contribution is 2.32. The van der Waals surface area contributed by atoms with Crippen molar-refractivity contribution in [2.45, 2.75) is 64.8 Å². The molecule has 4 rings (SSSR count). The minimum atomic E-state index is -0.769. The highest BCUT2D eigenvalue weighted by molar-refractivity contribution is 7.99. The van der Waals surface area contributed by atoms with Crippen LogP contribution in [0.2, 0.25) is 0 Å². The third-order valence-electron chi connectivity index (χ3n) is 7.90. The van der Waals surface area contributed by atoms with Crippen LogP contribution in [0.1, 0.15) is 67.6 Å². The number of benzene rings is 2. The van der Waals surface area contributed by atoms with Gasteiger partial charge in [-0.1, -0.05) is 111 Å². The Kier molecular flexibility index (Phi) is 12.4. The van der Waals surface area contributed by atoms with Gasteiger partial charge in [-0.25, -0.2) is 0 Å². The quantitative estimate of drug-likeness (QED) is 0.117. The Morgan fingerprint density at radius 3 is 1.89 bits per heavy atom. The number of aryl methyl sites for hydroxylation is 2. The van der Waals surface area contributed by atoms with Crippen molar-refractivity contribution in [2.75, 3.05) is 22.1 Å². The first-order valence-electron chi connectivity index (χ1n) is 14.9. The van der Waals surface area contributed by atoms with Gasteiger partial charge < -0.3 is 16.4 Å². The van der Waals surface area contributed by atoms with Crippen molar-refractivity contribution in [3.63, 3.8) is 0 Å². The van der Waals surface area contributed by atoms with E-state index in [9.17, 15) is 9.59 Å². The highest BCUT2D eigenvalue weighted by atomic mass is 32.2. The maximum Gasteiger partial charge on any atom is 0.231 e. The fraction of sp³-hybridized carbons (Fsp3) is 0.438. The summed E-state index contributed by atoms with van der Waals surface area (Å²) >= 11 is 4.61. The van der Waals surface area contributed by atoms with Crippen LogP contribution < -0.4 is 16.4 Å². The minimum Gasteiger partial charge on any atom is -0.321 e. The number of hydrogen-bond acceptors (Lipinski definition) is 10. The molecule has 2 heterocycles. The maximum atomic E-state index is 13.0. The zero-order valence-corrected chi connectivity index (χ0v) is 28.1. The van der Waals surface area contributed by atoms with Crippen LogP contribution >= 0.6 is 34.4 Å². The van der Waals surface area contributed by atoms with Crippen molar-refractivity contribution in [1.29, 1.82) is 0 Å². The van der Waals surface area contributed by atoms with E-state index in [1.54, 1.807) is 11.8 Å². The number of anilines is 2. The number of nitrogens with zero attached hydrogens (tertiary/aromatic N) is 4. The van der Waals surface area contributed by atoms with Crippen LogP contribution in [-0.4, -0.2) is 43.7 Å². The van der Waals surface area contributed by atoms with Gasteiger partial charge in [-0.2, -0.15) is 11.8 Å². The Hall–Kier alpha value is -3.19. The number of thioether (sulfide) groups is 1. The van der Waals surface area contributed by atoms with Crippen molar-refractivity contribution < 1.29 is 9.59 Å². The molecule has 4 N–H and O–H groups in total. The van der Waals surface area contributed by atoms with E-state index in [1.165, 1.54) is 28.2 Å². The molecule has 0 aliphatic rings. The first-order valence-corrected chi connectivity index (χ1v) is 17.7. The summed E-state index contributed by atoms with van der Waals surface area (Å²) in [6, 6.07) is 20.0. The average molecular weight is 652 g/mol. The SMILES string of the molecule is CCC(N)(c1ccccc1)C(C)C(=O)Nc1nnc(CCSCCc2nnc(NC(=O)C(C)CC(C)c3ccccc3)s2)s1. The summed E-state index contributed by atoms with van der Waals surface area (Å²) in [5.74, 6) is 1.26. The lowest BCUT2D eigenvalue weighted by molar-refractivity contribution is -0.121. The molecule has 0 spiro atoms. The molecule has 9 nitrogen and oxygen atoms in total. The molecule has 0 fully saturated rings. The zero-order chi connectivity index (χ0) is 31.5. The summed E-state index contributed by atoms with van der Waals surface area (Å²) in [6.07, 6.45) is 2.92. The maximum absolute atomic E-state index is 13.0. The van der Waals surface area contributed by atoms with Crippen LogP contribution in [0.25, 0.3) is 0 Å². The molecular formula is C32H41N7O2S3. The van der Waals surface area contributed by atoms with Gasteiger partial charge in [0.05, 0.1) is 11.5 Å². The molecule has 0 radical (unpaired) electrons. The van der Waals surface area contributed by atoms with Crippen molar-refractivity contribution >= 4 is 56.5 Å². The number of nitrogens with one attached hydrogen (secondary N) is 2. The predicted octanol–water partition coefficient (Wildman–Crippen LogP) is 6.52. The normalized spacial score (nSPS) is 14.8. The molecule has 2 aromatic heterocycles. The van der Waals surface area contributed by atoms with Gasteiger partial charge in [0.25, 0.3) is 0 Å². The van der Waals surface area contributed by atoms with Gasteiger partial charge in [0.2, 0.25) is 22.1 Å². The molecule has 4 aromatic rings. The van der Waals surface area contributed by atoms with Crippen molar-refractivity contribution in [3.05, 3.63) is 81.8 Å². The third kappa shape index (κ3) is 9.16. The molecule has 0 saturated carbocycles. The Morgan fingerprint density at radius 2 is 1.34 bits per heavy atom. The van der Waals surface area contributed by atoms with E-state index in [4.69, 9.17) is 5.73 Å². The van der Waals surface area contributed by atoms with Gasteiger partial charge in [0.1, 0.15) is 10.0 Å². The number of carbonyl (C=O) groups is 2. The fourth-order valence-corrected chi connectivity index (χ4v) is 7.59. The first kappa shape index (κ1) is 33.7. The van der Waals surface area contributed by atoms with Crippen molar-refractivity contribution in [1.82, 2.24) is 20.4 Å². The van der Waals surface area contributed by atoms with Gasteiger partial charge in [0.15, 0.2) is 0 Å². The topological polar surface area (TPSA) is 136 Å². The van der Waals surface area contributed by atoms with Crippen LogP contribution in [0.3, 0.4) is 0 Å². The lowest BCUT2D eigenvalue weighted by Crippen LogP contribution is -2.47. The molecule has 12 heteroatoms. The summed E-state index contributed by atoms with van der Waals surface area (Å²) in [5, 5.41) is 25.5. The Balaban J connectivity index is 1.15. The van der Waals surface area contributed by atoms with Crippen molar-refractivity contribution in [2.24, 2.45) is 17.6 Å². The van der Waals surface area contributed by atoms with E-state index < -0.39 is 11.5 Å². The molecule has 2 amide bonds. The van der Waals surface area contributed by atoms with Crippen LogP contribution in [0, 0.1) is 11.8 Å². The lowest BCUT2D eigenvalue weighted by Gasteiger charge is -2.34. The fourth-order valence-electron chi connectivity index (χ4n) is 4.97. The number of carbonyl (C=O) groups excluding carboxylic acids is 2. The average Bonchev–Trinajstić information content (AvgIpc) is 3.69. The van der Waals surface area contributed by atoms with Gasteiger partial charge in [-0.3, -0.25) is 9.59 Å². The Labute approximate surface area is 271 Å². The molecule has 0 bridgehead atoms. The zero-order valence-electron chi connectivity index (χ0n) is 25.7. The van der Waals surface area contributed by atoms with E-state index >= 15 is 0 Å². The standard InChI is InChI=1S/C32H41N7O2S3/c1-5-32(33,25-14-10-7-11-15-25)23(4)29(41)35-31-39-37-27(44-31)17-19-42-18-16-26-36-38-30(43-26)34-28(40)22(3)20-21(2)24-12-8-6-9-13-24/h6-15,21-23H,5,16-20,33H2,1-4H3,(H,34,38,40)(H,35,39,41). The van der Waals surface area contributed by atoms with Gasteiger partial charge >= 0.3 is 0 Å². The van der Waals surface area contributed by atoms with Crippen LogP contribution in [0.15, 0.2) is 60.7 Å². The van der Waals surface area contributed by atoms with Crippen LogP contribution in [-0.2, 0) is 28.0 Å². The Morgan fingerprint density at radius 1 is 0.818 bits per heavy atom. The second-order valence-corrected chi connectivity index (χ2v) is 14.4. The molecule has 4 atom stereocenters. The van der Waals surface area contributed by atoms with E-state index in [0.717, 1.165) is 46.3 Å². The number of hydrogen-bond donors (Lipinski definition) is 3. The summed E-state index contributed by atoms with van der Waals surface area (Å²) < 4.78 is 0. The summed E-state index contributed by atoms with van der Waals surface area (Å²) in [4.78, 5) is 25.8. The molecule has 0 aliphatic carbocycles. The van der Waals surface area contributed by atoms with E-state index in [1.807, 2.05) is 69.3 Å². The summed E-state index contributed by atoms with van der Waals surface area (Å²) in [7, 11) is 0. The molecule has 2 aromatic carbocycles. The monoisotopic (exact) mass is 651 g/mol. The predicted molar refractivity (Wildman–Crippen MR) is 182 cm³/mol. The number of amides is 2. The molecular weight excluding hydrogens is 611 g/mol. The molecule has 44 heavy (non-hydrogen) atoms. The van der Waals surface area contributed by atoms with E-state index in [2.05, 4.69) is 50.1 Å². The second-order valence-electron chi connectivity index (χ2n) is 11.0. The lowest BCUT2D eigenvalue weighted by atomic mass is 9.77. The van der Waals surface area contributed by atoms with Crippen molar-refractivity contribution in [3.8, 4) is 0 Å². The number of rotatable bonds is 16. The minimum absolute atomic E-state index is 0.0316. The molecule has 234 valence electrons. The van der Waals surface area contributed by atoms with Gasteiger partial charge in [0, 0.05) is 18.8 Å². The van der Waals surface area contributed by atoms with E-state index in [0.29, 0.717) is 22.6 Å². The molecule has 0 saturated heterocycles. The van der Waals surface area contributed by atoms with E-state index in [-0.39, 0.29) is 17.7 Å².